The molecule has 1 amide bonds. The molecule has 0 bridgehead atoms. The van der Waals surface area contributed by atoms with Gasteiger partial charge < -0.3 is 14.6 Å². The van der Waals surface area contributed by atoms with E-state index >= 15 is 0 Å². The van der Waals surface area contributed by atoms with Crippen molar-refractivity contribution in [3.05, 3.63) is 55.0 Å². The van der Waals surface area contributed by atoms with E-state index in [4.69, 9.17) is 9.47 Å². The molecule has 2 aromatic rings. The Morgan fingerprint density at radius 2 is 2.00 bits per heavy atom. The molecule has 0 aliphatic rings. The van der Waals surface area contributed by atoms with Gasteiger partial charge in [0.1, 0.15) is 5.75 Å². The van der Waals surface area contributed by atoms with Crippen molar-refractivity contribution in [3.8, 4) is 17.2 Å². The number of ether oxygens (including phenoxy) is 2. The summed E-state index contributed by atoms with van der Waals surface area (Å²) in [4.78, 5) is 22.0. The number of carbonyl (C=O) groups is 1. The Morgan fingerprint density at radius 3 is 2.64 bits per heavy atom. The predicted octanol–water partition coefficient (Wildman–Crippen LogP) is 3.75. The second-order valence-electron chi connectivity index (χ2n) is 5.24. The summed E-state index contributed by atoms with van der Waals surface area (Å²) in [5.74, 6) is 0.0269. The third kappa shape index (κ3) is 5.92. The van der Waals surface area contributed by atoms with E-state index in [1.807, 2.05) is 0 Å². The zero-order chi connectivity index (χ0) is 20.7. The lowest BCUT2D eigenvalue weighted by atomic mass is 10.2. The standard InChI is InChI=1S/C17H15Br2N3O6/c1-2-27-15-6-10(5-13(19)17(15)24)8-20-21-16(23)9-28-14-4-3-11(22(25)26)7-12(14)18/h3-8,24H,2,9H2,1H3,(H,21,23)/b20-8-. The molecule has 11 heteroatoms. The first-order chi connectivity index (χ1) is 13.3. The van der Waals surface area contributed by atoms with Crippen molar-refractivity contribution in [3.63, 3.8) is 0 Å². The highest BCUT2D eigenvalue weighted by Crippen LogP contribution is 2.35. The van der Waals surface area contributed by atoms with Crippen LogP contribution in [0.25, 0.3) is 0 Å². The van der Waals surface area contributed by atoms with E-state index in [9.17, 15) is 20.0 Å². The average molecular weight is 517 g/mol. The zero-order valence-electron chi connectivity index (χ0n) is 14.5. The molecule has 2 N–H and O–H groups in total. The highest BCUT2D eigenvalue weighted by atomic mass is 79.9. The number of amides is 1. The van der Waals surface area contributed by atoms with Crippen LogP contribution in [0.15, 0.2) is 44.4 Å². The van der Waals surface area contributed by atoms with Gasteiger partial charge in [-0.2, -0.15) is 5.10 Å². The number of carbonyl (C=O) groups excluding carboxylic acids is 1. The number of nitro groups is 1. The van der Waals surface area contributed by atoms with Crippen LogP contribution in [0, 0.1) is 10.1 Å². The number of halogens is 2. The number of hydrogen-bond acceptors (Lipinski definition) is 7. The SMILES string of the molecule is CCOc1cc(/C=N\NC(=O)COc2ccc([N+](=O)[O-])cc2Br)cc(Br)c1O. The maximum Gasteiger partial charge on any atom is 0.277 e. The van der Waals surface area contributed by atoms with Gasteiger partial charge in [-0.3, -0.25) is 14.9 Å². The molecule has 0 aromatic heterocycles. The number of nitrogens with zero attached hydrogens (tertiary/aromatic N) is 2. The molecule has 0 aliphatic heterocycles. The summed E-state index contributed by atoms with van der Waals surface area (Å²) >= 11 is 6.37. The van der Waals surface area contributed by atoms with E-state index in [1.54, 1.807) is 19.1 Å². The molecule has 0 saturated carbocycles. The molecule has 0 radical (unpaired) electrons. The Hall–Kier alpha value is -2.66. The highest BCUT2D eigenvalue weighted by Gasteiger charge is 2.11. The summed E-state index contributed by atoms with van der Waals surface area (Å²) < 4.78 is 11.4. The number of nitrogens with one attached hydrogen (secondary N) is 1. The Bertz CT molecular complexity index is 920. The Labute approximate surface area is 176 Å². The number of nitro benzene ring substituents is 1. The quantitative estimate of drug-likeness (QED) is 0.313. The molecule has 0 fully saturated rings. The van der Waals surface area contributed by atoms with Gasteiger partial charge in [0.05, 0.1) is 26.7 Å². The van der Waals surface area contributed by atoms with Gasteiger partial charge in [-0.05, 0) is 62.5 Å². The van der Waals surface area contributed by atoms with Gasteiger partial charge in [0, 0.05) is 12.1 Å². The number of hydrogen-bond donors (Lipinski definition) is 2. The first-order valence-electron chi connectivity index (χ1n) is 7.85. The first kappa shape index (κ1) is 21.6. The summed E-state index contributed by atoms with van der Waals surface area (Å²) in [6.07, 6.45) is 1.38. The topological polar surface area (TPSA) is 123 Å². The van der Waals surface area contributed by atoms with Crippen LogP contribution in [-0.4, -0.2) is 35.4 Å². The van der Waals surface area contributed by atoms with Gasteiger partial charge in [0.15, 0.2) is 18.1 Å². The van der Waals surface area contributed by atoms with Crippen molar-refractivity contribution in [2.24, 2.45) is 5.10 Å². The molecule has 28 heavy (non-hydrogen) atoms. The number of phenolic OH excluding ortho intramolecular Hbond substituents is 1. The summed E-state index contributed by atoms with van der Waals surface area (Å²) in [7, 11) is 0. The van der Waals surface area contributed by atoms with E-state index in [-0.39, 0.29) is 29.5 Å². The fourth-order valence-corrected chi connectivity index (χ4v) is 2.95. The fraction of sp³-hybridized carbons (Fsp3) is 0.176. The van der Waals surface area contributed by atoms with Crippen LogP contribution in [0.5, 0.6) is 17.2 Å². The minimum atomic E-state index is -0.533. The lowest BCUT2D eigenvalue weighted by Crippen LogP contribution is -2.24. The van der Waals surface area contributed by atoms with E-state index in [0.717, 1.165) is 0 Å². The maximum absolute atomic E-state index is 11.8. The number of phenols is 1. The Morgan fingerprint density at radius 1 is 1.25 bits per heavy atom. The molecule has 0 unspecified atom stereocenters. The van der Waals surface area contributed by atoms with Crippen molar-refractivity contribution in [1.82, 2.24) is 5.43 Å². The molecule has 0 atom stereocenters. The van der Waals surface area contributed by atoms with Crippen molar-refractivity contribution in [2.45, 2.75) is 6.92 Å². The number of benzene rings is 2. The molecule has 2 rings (SSSR count). The first-order valence-corrected chi connectivity index (χ1v) is 9.44. The fourth-order valence-electron chi connectivity index (χ4n) is 2.01. The third-order valence-electron chi connectivity index (χ3n) is 3.24. The summed E-state index contributed by atoms with van der Waals surface area (Å²) in [6, 6.07) is 7.13. The minimum Gasteiger partial charge on any atom is -0.503 e. The molecule has 148 valence electrons. The zero-order valence-corrected chi connectivity index (χ0v) is 17.7. The third-order valence-corrected chi connectivity index (χ3v) is 4.46. The van der Waals surface area contributed by atoms with E-state index < -0.39 is 10.8 Å². The van der Waals surface area contributed by atoms with Crippen LogP contribution in [0.2, 0.25) is 0 Å². The predicted molar refractivity (Wildman–Crippen MR) is 109 cm³/mol. The smallest absolute Gasteiger partial charge is 0.277 e. The summed E-state index contributed by atoms with van der Waals surface area (Å²) in [5.41, 5.74) is 2.79. The van der Waals surface area contributed by atoms with Crippen LogP contribution in [-0.2, 0) is 4.79 Å². The Kier molecular flexibility index (Phi) is 7.76. The van der Waals surface area contributed by atoms with Crippen molar-refractivity contribution in [2.75, 3.05) is 13.2 Å². The van der Waals surface area contributed by atoms with E-state index in [1.165, 1.54) is 24.4 Å². The molecule has 0 spiro atoms. The van der Waals surface area contributed by atoms with Crippen molar-refractivity contribution in [1.29, 1.82) is 0 Å². The van der Waals surface area contributed by atoms with Crippen LogP contribution >= 0.6 is 31.9 Å². The Balaban J connectivity index is 1.93. The maximum atomic E-state index is 11.8. The number of aromatic hydroxyl groups is 1. The monoisotopic (exact) mass is 515 g/mol. The van der Waals surface area contributed by atoms with Crippen LogP contribution in [0.1, 0.15) is 12.5 Å². The lowest BCUT2D eigenvalue weighted by molar-refractivity contribution is -0.384. The molecule has 0 saturated heterocycles. The number of hydrazone groups is 1. The highest BCUT2D eigenvalue weighted by molar-refractivity contribution is 9.10. The summed E-state index contributed by atoms with van der Waals surface area (Å²) in [5, 5.41) is 24.4. The molecule has 0 aliphatic carbocycles. The van der Waals surface area contributed by atoms with Crippen molar-refractivity contribution >= 4 is 49.7 Å². The number of rotatable bonds is 8. The van der Waals surface area contributed by atoms with Gasteiger partial charge in [-0.25, -0.2) is 5.43 Å². The van der Waals surface area contributed by atoms with E-state index in [2.05, 4.69) is 42.4 Å². The second kappa shape index (κ2) is 10.0. The van der Waals surface area contributed by atoms with Crippen LogP contribution < -0.4 is 14.9 Å². The molecule has 2 aromatic carbocycles. The summed E-state index contributed by atoms with van der Waals surface area (Å²) in [6.45, 7) is 1.84. The minimum absolute atomic E-state index is 0.0230. The van der Waals surface area contributed by atoms with Crippen LogP contribution in [0.4, 0.5) is 5.69 Å². The lowest BCUT2D eigenvalue weighted by Gasteiger charge is -2.08. The van der Waals surface area contributed by atoms with Crippen LogP contribution in [0.3, 0.4) is 0 Å². The molecular weight excluding hydrogens is 502 g/mol. The molecular formula is C17H15Br2N3O6. The van der Waals surface area contributed by atoms with Gasteiger partial charge in [-0.15, -0.1) is 0 Å². The second-order valence-corrected chi connectivity index (χ2v) is 6.94. The normalized spacial score (nSPS) is 10.7. The molecule has 9 nitrogen and oxygen atoms in total. The van der Waals surface area contributed by atoms with Gasteiger partial charge in [-0.1, -0.05) is 0 Å². The van der Waals surface area contributed by atoms with Gasteiger partial charge in [0.25, 0.3) is 11.6 Å². The van der Waals surface area contributed by atoms with Gasteiger partial charge >= 0.3 is 0 Å². The number of non-ortho nitro benzene ring substituents is 1. The van der Waals surface area contributed by atoms with Gasteiger partial charge in [0.2, 0.25) is 0 Å². The molecule has 0 heterocycles. The van der Waals surface area contributed by atoms with Crippen molar-refractivity contribution < 1.29 is 24.3 Å². The average Bonchev–Trinajstić information content (AvgIpc) is 2.64. The van der Waals surface area contributed by atoms with E-state index in [0.29, 0.717) is 21.1 Å². The largest absolute Gasteiger partial charge is 0.503 e.